The van der Waals surface area contributed by atoms with Crippen LogP contribution < -0.4 is 11.1 Å². The predicted octanol–water partition coefficient (Wildman–Crippen LogP) is 4.06. The van der Waals surface area contributed by atoms with Crippen LogP contribution >= 0.6 is 0 Å². The molecule has 39 heavy (non-hydrogen) atoms. The zero-order chi connectivity index (χ0) is 28.2. The highest BCUT2D eigenvalue weighted by Crippen LogP contribution is 2.32. The first kappa shape index (κ1) is 30.0. The Morgan fingerprint density at radius 2 is 1.41 bits per heavy atom. The number of nitrogens with zero attached hydrogens (tertiary/aromatic N) is 1. The molecular formula is C32H41N3O4. The Labute approximate surface area is 231 Å². The molecule has 0 aliphatic carbocycles. The normalized spacial score (nSPS) is 13.4. The monoisotopic (exact) mass is 531 g/mol. The summed E-state index contributed by atoms with van der Waals surface area (Å²) in [5.74, 6) is -1.41. The van der Waals surface area contributed by atoms with Gasteiger partial charge in [-0.25, -0.2) is 0 Å². The molecule has 0 heterocycles. The Balaban J connectivity index is 1.97. The number of nitrogens with one attached hydrogen (secondary N) is 1. The topological polar surface area (TPSA) is 116 Å². The molecule has 1 unspecified atom stereocenters. The van der Waals surface area contributed by atoms with Crippen molar-refractivity contribution >= 4 is 11.8 Å². The number of aliphatic hydroxyl groups excluding tert-OH is 2. The Bertz CT molecular complexity index is 1180. The van der Waals surface area contributed by atoms with Crippen LogP contribution in [0.4, 0.5) is 0 Å². The summed E-state index contributed by atoms with van der Waals surface area (Å²) >= 11 is 0. The molecule has 0 saturated carbocycles. The number of hydrogen-bond acceptors (Lipinski definition) is 5. The molecule has 208 valence electrons. The average molecular weight is 532 g/mol. The van der Waals surface area contributed by atoms with Crippen molar-refractivity contribution < 1.29 is 19.8 Å². The van der Waals surface area contributed by atoms with Gasteiger partial charge in [0.2, 0.25) is 5.91 Å². The van der Waals surface area contributed by atoms with E-state index in [9.17, 15) is 19.8 Å². The standard InChI is InChI=1S/C32H41N3O4/c1-3-18-35(19-4-2)32(39)26-17-11-16-25(31(33)38)30(26)27(20-23-12-7-5-8-13-23)29(37)22-34-21-28(36)24-14-9-6-10-15-24/h5-17,27-29,34,36-37H,3-4,18-22H2,1-2H3,(H2,33,38)/t27-,28?,29+/m1/s1. The third-order valence-corrected chi connectivity index (χ3v) is 6.89. The Kier molecular flexibility index (Phi) is 11.7. The number of rotatable bonds is 15. The molecule has 7 nitrogen and oxygen atoms in total. The van der Waals surface area contributed by atoms with Crippen molar-refractivity contribution in [2.24, 2.45) is 5.73 Å². The fraction of sp³-hybridized carbons (Fsp3) is 0.375. The SMILES string of the molecule is CCCN(CCC)C(=O)c1cccc(C(N)=O)c1[C@H](Cc1ccccc1)[C@@H](O)CNCC(O)c1ccccc1. The zero-order valence-corrected chi connectivity index (χ0v) is 22.9. The zero-order valence-electron chi connectivity index (χ0n) is 22.9. The van der Waals surface area contributed by atoms with Crippen molar-refractivity contribution in [3.05, 3.63) is 107 Å². The molecule has 2 amide bonds. The lowest BCUT2D eigenvalue weighted by Gasteiger charge is -2.30. The van der Waals surface area contributed by atoms with E-state index in [1.807, 2.05) is 74.5 Å². The number of primary amides is 1. The van der Waals surface area contributed by atoms with E-state index in [0.29, 0.717) is 30.6 Å². The van der Waals surface area contributed by atoms with Gasteiger partial charge in [-0.15, -0.1) is 0 Å². The van der Waals surface area contributed by atoms with E-state index in [0.717, 1.165) is 24.0 Å². The summed E-state index contributed by atoms with van der Waals surface area (Å²) in [7, 11) is 0. The van der Waals surface area contributed by atoms with Gasteiger partial charge in [0.25, 0.3) is 5.91 Å². The van der Waals surface area contributed by atoms with Gasteiger partial charge in [0.05, 0.1) is 12.2 Å². The predicted molar refractivity (Wildman–Crippen MR) is 155 cm³/mol. The molecule has 0 aliphatic heterocycles. The van der Waals surface area contributed by atoms with Crippen molar-refractivity contribution in [1.82, 2.24) is 10.2 Å². The van der Waals surface area contributed by atoms with Gasteiger partial charge in [0.15, 0.2) is 0 Å². The summed E-state index contributed by atoms with van der Waals surface area (Å²) in [6, 6.07) is 24.0. The smallest absolute Gasteiger partial charge is 0.254 e. The van der Waals surface area contributed by atoms with Crippen LogP contribution in [0.3, 0.4) is 0 Å². The van der Waals surface area contributed by atoms with Crippen LogP contribution in [0.25, 0.3) is 0 Å². The van der Waals surface area contributed by atoms with E-state index in [1.54, 1.807) is 23.1 Å². The lowest BCUT2D eigenvalue weighted by atomic mass is 9.81. The maximum absolute atomic E-state index is 13.8. The number of nitrogens with two attached hydrogens (primary N) is 1. The van der Waals surface area contributed by atoms with Gasteiger partial charge in [0, 0.05) is 43.2 Å². The molecule has 3 rings (SSSR count). The summed E-state index contributed by atoms with van der Waals surface area (Å²) in [6.45, 7) is 5.62. The fourth-order valence-corrected chi connectivity index (χ4v) is 4.99. The second kappa shape index (κ2) is 15.2. The highest BCUT2D eigenvalue weighted by atomic mass is 16.3. The molecule has 7 heteroatoms. The molecule has 3 atom stereocenters. The first-order valence-corrected chi connectivity index (χ1v) is 13.7. The minimum absolute atomic E-state index is 0.149. The Morgan fingerprint density at radius 1 is 0.821 bits per heavy atom. The summed E-state index contributed by atoms with van der Waals surface area (Å²) in [6.07, 6.45) is 0.307. The molecule has 0 aromatic heterocycles. The first-order chi connectivity index (χ1) is 18.9. The minimum Gasteiger partial charge on any atom is -0.391 e. The van der Waals surface area contributed by atoms with Gasteiger partial charge in [-0.3, -0.25) is 9.59 Å². The third kappa shape index (κ3) is 8.23. The Morgan fingerprint density at radius 3 is 2.00 bits per heavy atom. The Hall–Kier alpha value is -3.52. The largest absolute Gasteiger partial charge is 0.391 e. The van der Waals surface area contributed by atoms with Crippen LogP contribution in [0.2, 0.25) is 0 Å². The van der Waals surface area contributed by atoms with Crippen molar-refractivity contribution in [2.45, 2.75) is 51.2 Å². The van der Waals surface area contributed by atoms with Crippen LogP contribution in [0.1, 0.15) is 76.1 Å². The van der Waals surface area contributed by atoms with E-state index >= 15 is 0 Å². The van der Waals surface area contributed by atoms with E-state index in [1.165, 1.54) is 0 Å². The van der Waals surface area contributed by atoms with Crippen molar-refractivity contribution in [3.63, 3.8) is 0 Å². The molecule has 3 aromatic carbocycles. The van der Waals surface area contributed by atoms with E-state index < -0.39 is 24.0 Å². The van der Waals surface area contributed by atoms with Crippen LogP contribution in [0, 0.1) is 0 Å². The van der Waals surface area contributed by atoms with E-state index in [-0.39, 0.29) is 24.6 Å². The van der Waals surface area contributed by atoms with Gasteiger partial charge in [-0.1, -0.05) is 80.6 Å². The number of carbonyl (C=O) groups excluding carboxylic acids is 2. The lowest BCUT2D eigenvalue weighted by molar-refractivity contribution is 0.0751. The van der Waals surface area contributed by atoms with Crippen molar-refractivity contribution in [1.29, 1.82) is 0 Å². The van der Waals surface area contributed by atoms with Crippen LogP contribution in [-0.4, -0.2) is 59.2 Å². The molecule has 0 saturated heterocycles. The molecule has 3 aromatic rings. The number of carbonyl (C=O) groups is 2. The van der Waals surface area contributed by atoms with Crippen molar-refractivity contribution in [2.75, 3.05) is 26.2 Å². The molecule has 0 bridgehead atoms. The van der Waals surface area contributed by atoms with E-state index in [4.69, 9.17) is 5.73 Å². The van der Waals surface area contributed by atoms with Gasteiger partial charge in [0.1, 0.15) is 0 Å². The third-order valence-electron chi connectivity index (χ3n) is 6.89. The summed E-state index contributed by atoms with van der Waals surface area (Å²) < 4.78 is 0. The number of benzene rings is 3. The molecular weight excluding hydrogens is 490 g/mol. The molecule has 0 fully saturated rings. The van der Waals surface area contributed by atoms with Crippen molar-refractivity contribution in [3.8, 4) is 0 Å². The second-order valence-electron chi connectivity index (χ2n) is 9.87. The maximum atomic E-state index is 13.8. The van der Waals surface area contributed by atoms with Gasteiger partial charge < -0.3 is 26.2 Å². The summed E-state index contributed by atoms with van der Waals surface area (Å²) in [4.78, 5) is 28.2. The first-order valence-electron chi connectivity index (χ1n) is 13.7. The average Bonchev–Trinajstić information content (AvgIpc) is 2.96. The van der Waals surface area contributed by atoms with Crippen LogP contribution in [0.15, 0.2) is 78.9 Å². The van der Waals surface area contributed by atoms with Crippen LogP contribution in [-0.2, 0) is 6.42 Å². The second-order valence-corrected chi connectivity index (χ2v) is 9.87. The molecule has 0 aliphatic rings. The van der Waals surface area contributed by atoms with E-state index in [2.05, 4.69) is 5.32 Å². The minimum atomic E-state index is -0.967. The summed E-state index contributed by atoms with van der Waals surface area (Å²) in [5.41, 5.74) is 8.64. The molecule has 5 N–H and O–H groups in total. The van der Waals surface area contributed by atoms with Crippen LogP contribution in [0.5, 0.6) is 0 Å². The molecule has 0 radical (unpaired) electrons. The van der Waals surface area contributed by atoms with Gasteiger partial charge in [-0.2, -0.15) is 0 Å². The number of aliphatic hydroxyl groups is 2. The number of hydrogen-bond donors (Lipinski definition) is 4. The van der Waals surface area contributed by atoms with Gasteiger partial charge in [-0.05, 0) is 48.1 Å². The summed E-state index contributed by atoms with van der Waals surface area (Å²) in [5, 5.41) is 25.3. The van der Waals surface area contributed by atoms with Gasteiger partial charge >= 0.3 is 0 Å². The fourth-order valence-electron chi connectivity index (χ4n) is 4.99. The quantitative estimate of drug-likeness (QED) is 0.236. The highest BCUT2D eigenvalue weighted by molar-refractivity contribution is 6.02. The maximum Gasteiger partial charge on any atom is 0.254 e. The number of amides is 2. The molecule has 0 spiro atoms. The lowest BCUT2D eigenvalue weighted by Crippen LogP contribution is -2.38. The highest BCUT2D eigenvalue weighted by Gasteiger charge is 2.31.